The SMILES string of the molecule is CCCNCc1cccc(F)c1Oc1ccc(Br)c(F)c1. The summed E-state index contributed by atoms with van der Waals surface area (Å²) in [6, 6.07) is 9.08. The summed E-state index contributed by atoms with van der Waals surface area (Å²) in [7, 11) is 0. The molecule has 0 amide bonds. The van der Waals surface area contributed by atoms with Crippen molar-refractivity contribution in [2.75, 3.05) is 6.54 Å². The van der Waals surface area contributed by atoms with E-state index >= 15 is 0 Å². The van der Waals surface area contributed by atoms with Crippen LogP contribution in [0.2, 0.25) is 0 Å². The van der Waals surface area contributed by atoms with E-state index in [2.05, 4.69) is 28.2 Å². The molecule has 0 fully saturated rings. The van der Waals surface area contributed by atoms with Crippen molar-refractivity contribution in [2.24, 2.45) is 0 Å². The van der Waals surface area contributed by atoms with E-state index in [1.165, 1.54) is 18.2 Å². The van der Waals surface area contributed by atoms with Crippen molar-refractivity contribution in [3.05, 3.63) is 58.1 Å². The first-order valence-electron chi connectivity index (χ1n) is 6.73. The highest BCUT2D eigenvalue weighted by Gasteiger charge is 2.12. The molecule has 0 radical (unpaired) electrons. The monoisotopic (exact) mass is 355 g/mol. The first-order valence-corrected chi connectivity index (χ1v) is 7.52. The Morgan fingerprint density at radius 1 is 1.14 bits per heavy atom. The lowest BCUT2D eigenvalue weighted by molar-refractivity contribution is 0.430. The molecule has 0 saturated carbocycles. The molecule has 0 unspecified atom stereocenters. The highest BCUT2D eigenvalue weighted by atomic mass is 79.9. The van der Waals surface area contributed by atoms with Crippen molar-refractivity contribution < 1.29 is 13.5 Å². The summed E-state index contributed by atoms with van der Waals surface area (Å²) in [5, 5.41) is 3.20. The van der Waals surface area contributed by atoms with E-state index < -0.39 is 11.6 Å². The van der Waals surface area contributed by atoms with Gasteiger partial charge in [0.25, 0.3) is 0 Å². The molecule has 0 atom stereocenters. The van der Waals surface area contributed by atoms with E-state index in [0.717, 1.165) is 13.0 Å². The number of para-hydroxylation sites is 1. The van der Waals surface area contributed by atoms with Gasteiger partial charge in [-0.15, -0.1) is 0 Å². The first kappa shape index (κ1) is 15.9. The molecule has 0 bridgehead atoms. The van der Waals surface area contributed by atoms with Gasteiger partial charge in [0.05, 0.1) is 4.47 Å². The van der Waals surface area contributed by atoms with Crippen LogP contribution in [0, 0.1) is 11.6 Å². The Hall–Kier alpha value is -1.46. The van der Waals surface area contributed by atoms with Gasteiger partial charge in [-0.25, -0.2) is 8.78 Å². The topological polar surface area (TPSA) is 21.3 Å². The second-order valence-electron chi connectivity index (χ2n) is 4.58. The number of benzene rings is 2. The minimum absolute atomic E-state index is 0.128. The zero-order valence-electron chi connectivity index (χ0n) is 11.6. The van der Waals surface area contributed by atoms with Gasteiger partial charge in [0, 0.05) is 18.2 Å². The third-order valence-electron chi connectivity index (χ3n) is 2.90. The fraction of sp³-hybridized carbons (Fsp3) is 0.250. The van der Waals surface area contributed by atoms with E-state index in [4.69, 9.17) is 4.74 Å². The summed E-state index contributed by atoms with van der Waals surface area (Å²) in [6.07, 6.45) is 0.990. The van der Waals surface area contributed by atoms with Crippen molar-refractivity contribution in [1.82, 2.24) is 5.32 Å². The standard InChI is InChI=1S/C16H16BrF2NO/c1-2-8-20-10-11-4-3-5-14(18)16(11)21-12-6-7-13(17)15(19)9-12/h3-7,9,20H,2,8,10H2,1H3. The average Bonchev–Trinajstić information content (AvgIpc) is 2.46. The maximum absolute atomic E-state index is 14.0. The fourth-order valence-corrected chi connectivity index (χ4v) is 2.11. The van der Waals surface area contributed by atoms with Crippen LogP contribution in [0.5, 0.6) is 11.5 Å². The van der Waals surface area contributed by atoms with Crippen LogP contribution in [0.25, 0.3) is 0 Å². The van der Waals surface area contributed by atoms with Gasteiger partial charge in [0.2, 0.25) is 0 Å². The van der Waals surface area contributed by atoms with Gasteiger partial charge in [0.15, 0.2) is 11.6 Å². The maximum Gasteiger partial charge on any atom is 0.167 e. The van der Waals surface area contributed by atoms with Crippen LogP contribution < -0.4 is 10.1 Å². The average molecular weight is 356 g/mol. The highest BCUT2D eigenvalue weighted by Crippen LogP contribution is 2.30. The predicted molar refractivity (Wildman–Crippen MR) is 82.6 cm³/mol. The Labute approximate surface area is 131 Å². The van der Waals surface area contributed by atoms with Crippen LogP contribution in [0.15, 0.2) is 40.9 Å². The van der Waals surface area contributed by atoms with Gasteiger partial charge in [0.1, 0.15) is 11.6 Å². The van der Waals surface area contributed by atoms with Crippen LogP contribution in [-0.4, -0.2) is 6.54 Å². The normalized spacial score (nSPS) is 10.7. The predicted octanol–water partition coefficient (Wildman–Crippen LogP) is 5.02. The second-order valence-corrected chi connectivity index (χ2v) is 5.44. The fourth-order valence-electron chi connectivity index (χ4n) is 1.87. The van der Waals surface area contributed by atoms with Gasteiger partial charge >= 0.3 is 0 Å². The zero-order valence-corrected chi connectivity index (χ0v) is 13.2. The zero-order chi connectivity index (χ0) is 15.2. The third-order valence-corrected chi connectivity index (χ3v) is 3.54. The van der Waals surface area contributed by atoms with E-state index in [1.807, 2.05) is 0 Å². The molecule has 2 nitrogen and oxygen atoms in total. The van der Waals surface area contributed by atoms with E-state index in [-0.39, 0.29) is 11.5 Å². The van der Waals surface area contributed by atoms with Crippen molar-refractivity contribution >= 4 is 15.9 Å². The van der Waals surface area contributed by atoms with Gasteiger partial charge in [-0.1, -0.05) is 19.1 Å². The van der Waals surface area contributed by atoms with E-state index in [9.17, 15) is 8.78 Å². The molecule has 1 N–H and O–H groups in total. The number of ether oxygens (including phenoxy) is 1. The molecule has 21 heavy (non-hydrogen) atoms. The summed E-state index contributed by atoms with van der Waals surface area (Å²) in [5.74, 6) is -0.524. The Balaban J connectivity index is 2.23. The van der Waals surface area contributed by atoms with Crippen molar-refractivity contribution in [3.8, 4) is 11.5 Å². The Morgan fingerprint density at radius 3 is 2.67 bits per heavy atom. The summed E-state index contributed by atoms with van der Waals surface area (Å²) in [6.45, 7) is 3.39. The van der Waals surface area contributed by atoms with Crippen molar-refractivity contribution in [3.63, 3.8) is 0 Å². The van der Waals surface area contributed by atoms with Crippen LogP contribution in [0.1, 0.15) is 18.9 Å². The molecule has 0 saturated heterocycles. The van der Waals surface area contributed by atoms with Gasteiger partial charge in [-0.2, -0.15) is 0 Å². The second kappa shape index (κ2) is 7.52. The smallest absolute Gasteiger partial charge is 0.167 e. The molecule has 0 heterocycles. The molecule has 0 spiro atoms. The number of hydrogen-bond donors (Lipinski definition) is 1. The molecule has 112 valence electrons. The highest BCUT2D eigenvalue weighted by molar-refractivity contribution is 9.10. The number of nitrogens with one attached hydrogen (secondary N) is 1. The molecular formula is C16H16BrF2NO. The minimum atomic E-state index is -0.464. The number of hydrogen-bond acceptors (Lipinski definition) is 2. The molecule has 0 aliphatic heterocycles. The number of halogens is 3. The van der Waals surface area contributed by atoms with E-state index in [0.29, 0.717) is 16.6 Å². The Bertz CT molecular complexity index is 619. The molecular weight excluding hydrogens is 340 g/mol. The maximum atomic E-state index is 14.0. The van der Waals surface area contributed by atoms with Gasteiger partial charge in [-0.05, 0) is 47.1 Å². The summed E-state index contributed by atoms with van der Waals surface area (Å²) in [5.41, 5.74) is 0.701. The first-order chi connectivity index (χ1) is 10.1. The molecule has 5 heteroatoms. The largest absolute Gasteiger partial charge is 0.454 e. The van der Waals surface area contributed by atoms with Crippen LogP contribution >= 0.6 is 15.9 Å². The summed E-state index contributed by atoms with van der Waals surface area (Å²) < 4.78 is 33.3. The molecule has 2 aromatic rings. The van der Waals surface area contributed by atoms with Gasteiger partial charge < -0.3 is 10.1 Å². The van der Waals surface area contributed by atoms with Crippen molar-refractivity contribution in [1.29, 1.82) is 0 Å². The van der Waals surface area contributed by atoms with Crippen LogP contribution in [-0.2, 0) is 6.54 Å². The summed E-state index contributed by atoms with van der Waals surface area (Å²) in [4.78, 5) is 0. The van der Waals surface area contributed by atoms with Gasteiger partial charge in [-0.3, -0.25) is 0 Å². The lowest BCUT2D eigenvalue weighted by Crippen LogP contribution is -2.14. The van der Waals surface area contributed by atoms with E-state index in [1.54, 1.807) is 18.2 Å². The lowest BCUT2D eigenvalue weighted by Gasteiger charge is -2.13. The Morgan fingerprint density at radius 2 is 1.95 bits per heavy atom. The Kier molecular flexibility index (Phi) is 5.70. The minimum Gasteiger partial charge on any atom is -0.454 e. The lowest BCUT2D eigenvalue weighted by atomic mass is 10.2. The molecule has 0 aliphatic rings. The number of rotatable bonds is 6. The molecule has 2 rings (SSSR count). The quantitative estimate of drug-likeness (QED) is 0.734. The molecule has 2 aromatic carbocycles. The van der Waals surface area contributed by atoms with Crippen LogP contribution in [0.4, 0.5) is 8.78 Å². The summed E-state index contributed by atoms with van der Waals surface area (Å²) >= 11 is 3.07. The van der Waals surface area contributed by atoms with Crippen LogP contribution in [0.3, 0.4) is 0 Å². The molecule has 0 aliphatic carbocycles. The van der Waals surface area contributed by atoms with Crippen molar-refractivity contribution in [2.45, 2.75) is 19.9 Å². The third kappa shape index (κ3) is 4.25. The molecule has 0 aromatic heterocycles.